The van der Waals surface area contributed by atoms with E-state index in [9.17, 15) is 13.2 Å². The first kappa shape index (κ1) is 25.8. The molecule has 2 aromatic carbocycles. The summed E-state index contributed by atoms with van der Waals surface area (Å²) in [5, 5.41) is -0.165. The first-order valence-corrected chi connectivity index (χ1v) is 15.6. The molecule has 2 atom stereocenters. The predicted molar refractivity (Wildman–Crippen MR) is 147 cm³/mol. The summed E-state index contributed by atoms with van der Waals surface area (Å²) in [6.07, 6.45) is 4.31. The summed E-state index contributed by atoms with van der Waals surface area (Å²) in [4.78, 5) is 18.0. The number of carbonyl (C=O) groups is 1. The minimum absolute atomic E-state index is 0.165. The molecule has 38 heavy (non-hydrogen) atoms. The van der Waals surface area contributed by atoms with Gasteiger partial charge in [0, 0.05) is 38.6 Å². The van der Waals surface area contributed by atoms with Crippen molar-refractivity contribution >= 4 is 15.9 Å². The van der Waals surface area contributed by atoms with E-state index in [0.29, 0.717) is 25.5 Å². The van der Waals surface area contributed by atoms with Gasteiger partial charge < -0.3 is 14.5 Å². The van der Waals surface area contributed by atoms with Gasteiger partial charge in [0.2, 0.25) is 15.9 Å². The molecule has 8 heteroatoms. The van der Waals surface area contributed by atoms with Crippen molar-refractivity contribution in [2.45, 2.75) is 49.8 Å². The van der Waals surface area contributed by atoms with Gasteiger partial charge in [0.1, 0.15) is 5.75 Å². The molecule has 0 radical (unpaired) electrons. The summed E-state index contributed by atoms with van der Waals surface area (Å²) in [5.74, 6) is 1.62. The first-order chi connectivity index (χ1) is 18.4. The van der Waals surface area contributed by atoms with Crippen molar-refractivity contribution in [3.8, 4) is 5.75 Å². The number of carbonyl (C=O) groups excluding carboxylic acids is 1. The zero-order valence-electron chi connectivity index (χ0n) is 22.3. The van der Waals surface area contributed by atoms with Crippen molar-refractivity contribution in [2.75, 3.05) is 46.4 Å². The van der Waals surface area contributed by atoms with E-state index in [1.54, 1.807) is 11.4 Å². The van der Waals surface area contributed by atoms with Crippen LogP contribution in [0.2, 0.25) is 0 Å². The zero-order chi connectivity index (χ0) is 26.3. The maximum atomic E-state index is 13.5. The third-order valence-corrected chi connectivity index (χ3v) is 11.7. The lowest BCUT2D eigenvalue weighted by atomic mass is 9.76. The molecule has 1 amide bonds. The Hall–Kier alpha value is -2.42. The Bertz CT molecular complexity index is 1240. The highest BCUT2D eigenvalue weighted by Crippen LogP contribution is 2.44. The van der Waals surface area contributed by atoms with Crippen molar-refractivity contribution in [3.63, 3.8) is 0 Å². The first-order valence-electron chi connectivity index (χ1n) is 14.1. The van der Waals surface area contributed by atoms with E-state index < -0.39 is 10.0 Å². The number of hydrogen-bond acceptors (Lipinski definition) is 5. The molecule has 3 aliphatic heterocycles. The lowest BCUT2D eigenvalue weighted by Crippen LogP contribution is -2.46. The summed E-state index contributed by atoms with van der Waals surface area (Å²) in [5.41, 5.74) is 2.13. The maximum Gasteiger partial charge on any atom is 0.229 e. The topological polar surface area (TPSA) is 70.2 Å². The van der Waals surface area contributed by atoms with Gasteiger partial charge in [-0.25, -0.2) is 12.7 Å². The normalized spacial score (nSPS) is 26.3. The molecule has 1 aliphatic carbocycles. The Morgan fingerprint density at radius 2 is 1.61 bits per heavy atom. The lowest BCUT2D eigenvalue weighted by Gasteiger charge is -2.39. The Kier molecular flexibility index (Phi) is 6.99. The molecule has 7 nitrogen and oxygen atoms in total. The van der Waals surface area contributed by atoms with Gasteiger partial charge in [-0.15, -0.1) is 0 Å². The number of piperidine rings is 1. The van der Waals surface area contributed by atoms with Gasteiger partial charge in [-0.1, -0.05) is 42.5 Å². The fourth-order valence-electron chi connectivity index (χ4n) is 6.83. The SMILES string of the molecule is COc1ccc(CN2CCC3(CCN(C[C@H]4CN(S(=O)(=O)C5CC5)C[C@@H]4c4ccccc4)CC3)C2=O)cc1. The predicted octanol–water partition coefficient (Wildman–Crippen LogP) is 3.72. The van der Waals surface area contributed by atoms with E-state index in [2.05, 4.69) is 29.2 Å². The molecule has 2 aromatic rings. The standard InChI is InChI=1S/C30H39N3O4S/c1-37-26-9-7-23(8-10-26)19-32-18-15-30(29(32)34)13-16-31(17-14-30)20-25-21-33(38(35,36)27-11-12-27)22-28(25)24-5-3-2-4-6-24/h2-10,25,27-28H,11-22H2,1H3/t25-,28+/m0/s1. The summed E-state index contributed by atoms with van der Waals surface area (Å²) in [6, 6.07) is 18.4. The molecule has 6 rings (SSSR count). The quantitative estimate of drug-likeness (QED) is 0.514. The van der Waals surface area contributed by atoms with E-state index >= 15 is 0 Å². The highest BCUT2D eigenvalue weighted by Gasteiger charge is 2.49. The summed E-state index contributed by atoms with van der Waals surface area (Å²) < 4.78 is 33.2. The molecule has 4 aliphatic rings. The molecule has 3 heterocycles. The lowest BCUT2D eigenvalue weighted by molar-refractivity contribution is -0.139. The molecule has 1 spiro atoms. The molecule has 0 unspecified atom stereocenters. The summed E-state index contributed by atoms with van der Waals surface area (Å²) >= 11 is 0. The number of benzene rings is 2. The van der Waals surface area contributed by atoms with Crippen LogP contribution in [0.25, 0.3) is 0 Å². The van der Waals surface area contributed by atoms with Crippen molar-refractivity contribution in [1.29, 1.82) is 0 Å². The van der Waals surface area contributed by atoms with Gasteiger partial charge >= 0.3 is 0 Å². The van der Waals surface area contributed by atoms with E-state index in [1.807, 2.05) is 35.2 Å². The number of amides is 1. The summed E-state index contributed by atoms with van der Waals surface area (Å²) in [6.45, 7) is 5.35. The van der Waals surface area contributed by atoms with Crippen molar-refractivity contribution in [1.82, 2.24) is 14.1 Å². The van der Waals surface area contributed by atoms with E-state index in [4.69, 9.17) is 4.74 Å². The second kappa shape index (κ2) is 10.3. The Balaban J connectivity index is 1.09. The number of methoxy groups -OCH3 is 1. The van der Waals surface area contributed by atoms with Gasteiger partial charge in [-0.2, -0.15) is 0 Å². The van der Waals surface area contributed by atoms with Crippen molar-refractivity contribution in [3.05, 3.63) is 65.7 Å². The largest absolute Gasteiger partial charge is 0.497 e. The maximum absolute atomic E-state index is 13.5. The molecule has 0 N–H and O–H groups in total. The van der Waals surface area contributed by atoms with Crippen molar-refractivity contribution < 1.29 is 17.9 Å². The van der Waals surface area contributed by atoms with Crippen LogP contribution < -0.4 is 4.74 Å². The number of sulfonamides is 1. The molecule has 3 saturated heterocycles. The molecule has 0 bridgehead atoms. The molecule has 204 valence electrons. The van der Waals surface area contributed by atoms with E-state index in [0.717, 1.165) is 69.6 Å². The molecule has 1 saturated carbocycles. The number of nitrogens with zero attached hydrogens (tertiary/aromatic N) is 3. The van der Waals surface area contributed by atoms with Crippen molar-refractivity contribution in [2.24, 2.45) is 11.3 Å². The van der Waals surface area contributed by atoms with Crippen LogP contribution in [0.3, 0.4) is 0 Å². The van der Waals surface area contributed by atoms with Crippen LogP contribution in [0.15, 0.2) is 54.6 Å². The smallest absolute Gasteiger partial charge is 0.229 e. The van der Waals surface area contributed by atoms with Gasteiger partial charge in [-0.05, 0) is 74.4 Å². The van der Waals surface area contributed by atoms with Crippen LogP contribution in [0.5, 0.6) is 5.75 Å². The minimum Gasteiger partial charge on any atom is -0.497 e. The Morgan fingerprint density at radius 3 is 2.26 bits per heavy atom. The van der Waals surface area contributed by atoms with Gasteiger partial charge in [0.25, 0.3) is 0 Å². The zero-order valence-corrected chi connectivity index (χ0v) is 23.1. The van der Waals surface area contributed by atoms with Crippen LogP contribution >= 0.6 is 0 Å². The fourth-order valence-corrected chi connectivity index (χ4v) is 8.75. The molecular formula is C30H39N3O4S. The van der Waals surface area contributed by atoms with Gasteiger partial charge in [0.15, 0.2) is 0 Å². The van der Waals surface area contributed by atoms with Crippen LogP contribution in [-0.4, -0.2) is 80.1 Å². The van der Waals surface area contributed by atoms with Crippen LogP contribution in [0.1, 0.15) is 49.1 Å². The second-order valence-electron chi connectivity index (χ2n) is 11.7. The Labute approximate surface area is 226 Å². The number of hydrogen-bond donors (Lipinski definition) is 0. The van der Waals surface area contributed by atoms with Gasteiger partial charge in [-0.3, -0.25) is 4.79 Å². The number of likely N-dealkylation sites (tertiary alicyclic amines) is 2. The average Bonchev–Trinajstić information content (AvgIpc) is 3.67. The second-order valence-corrected chi connectivity index (χ2v) is 14.0. The highest BCUT2D eigenvalue weighted by molar-refractivity contribution is 7.90. The van der Waals surface area contributed by atoms with Crippen LogP contribution in [0.4, 0.5) is 0 Å². The monoisotopic (exact) mass is 537 g/mol. The van der Waals surface area contributed by atoms with Crippen LogP contribution in [0, 0.1) is 11.3 Å². The molecule has 0 aromatic heterocycles. The minimum atomic E-state index is -3.18. The fraction of sp³-hybridized carbons (Fsp3) is 0.567. The molecular weight excluding hydrogens is 498 g/mol. The number of ether oxygens (including phenoxy) is 1. The third kappa shape index (κ3) is 4.98. The average molecular weight is 538 g/mol. The van der Waals surface area contributed by atoms with E-state index in [-0.39, 0.29) is 22.5 Å². The summed E-state index contributed by atoms with van der Waals surface area (Å²) in [7, 11) is -1.52. The van der Waals surface area contributed by atoms with Crippen LogP contribution in [-0.2, 0) is 21.4 Å². The highest BCUT2D eigenvalue weighted by atomic mass is 32.2. The number of rotatable bonds is 8. The molecule has 4 fully saturated rings. The van der Waals surface area contributed by atoms with Gasteiger partial charge in [0.05, 0.1) is 17.8 Å². The Morgan fingerprint density at radius 1 is 0.921 bits per heavy atom. The van der Waals surface area contributed by atoms with E-state index in [1.165, 1.54) is 5.56 Å². The third-order valence-electron chi connectivity index (χ3n) is 9.38.